The van der Waals surface area contributed by atoms with Crippen LogP contribution in [0.25, 0.3) is 0 Å². The maximum absolute atomic E-state index is 5.19. The van der Waals surface area contributed by atoms with Gasteiger partial charge in [-0.25, -0.2) is 0 Å². The van der Waals surface area contributed by atoms with Crippen LogP contribution in [0, 0.1) is 0 Å². The largest absolute Gasteiger partial charge is 0.356 e. The minimum absolute atomic E-state index is 0.0582. The van der Waals surface area contributed by atoms with Gasteiger partial charge in [0.1, 0.15) is 0 Å². The highest BCUT2D eigenvalue weighted by Gasteiger charge is 1.95. The molecule has 0 N–H and O–H groups in total. The zero-order chi connectivity index (χ0) is 7.11. The summed E-state index contributed by atoms with van der Waals surface area (Å²) in [6.07, 6.45) is 2.00. The van der Waals surface area contributed by atoms with Crippen LogP contribution in [0.15, 0.2) is 0 Å². The van der Waals surface area contributed by atoms with Crippen LogP contribution in [0.4, 0.5) is 0 Å². The highest BCUT2D eigenvalue weighted by atomic mass is 32.2. The van der Waals surface area contributed by atoms with Gasteiger partial charge in [-0.1, -0.05) is 0 Å². The molecule has 0 aliphatic carbocycles. The predicted octanol–water partition coefficient (Wildman–Crippen LogP) is 1.36. The van der Waals surface area contributed by atoms with Crippen molar-refractivity contribution in [1.29, 1.82) is 0 Å². The van der Waals surface area contributed by atoms with E-state index in [-0.39, 0.29) is 6.29 Å². The SMILES string of the molecule is COC(C)OCCSC. The third kappa shape index (κ3) is 6.15. The van der Waals surface area contributed by atoms with E-state index in [1.54, 1.807) is 18.9 Å². The van der Waals surface area contributed by atoms with Gasteiger partial charge in [-0.05, 0) is 13.2 Å². The van der Waals surface area contributed by atoms with Crippen molar-refractivity contribution >= 4 is 11.8 Å². The molecule has 3 heteroatoms. The van der Waals surface area contributed by atoms with E-state index in [4.69, 9.17) is 9.47 Å². The Morgan fingerprint density at radius 2 is 2.22 bits per heavy atom. The van der Waals surface area contributed by atoms with E-state index >= 15 is 0 Å². The Hall–Kier alpha value is 0.270. The van der Waals surface area contributed by atoms with Gasteiger partial charge in [0.15, 0.2) is 6.29 Å². The van der Waals surface area contributed by atoms with Crippen molar-refractivity contribution in [3.63, 3.8) is 0 Å². The van der Waals surface area contributed by atoms with Gasteiger partial charge in [-0.2, -0.15) is 11.8 Å². The van der Waals surface area contributed by atoms with Crippen LogP contribution < -0.4 is 0 Å². The lowest BCUT2D eigenvalue weighted by Gasteiger charge is -2.09. The van der Waals surface area contributed by atoms with E-state index in [0.717, 1.165) is 12.4 Å². The molecule has 0 bridgehead atoms. The second-order valence-corrected chi connectivity index (χ2v) is 2.65. The molecule has 0 saturated carbocycles. The minimum Gasteiger partial charge on any atom is -0.356 e. The average Bonchev–Trinajstić information content (AvgIpc) is 1.89. The maximum atomic E-state index is 5.19. The molecule has 0 amide bonds. The zero-order valence-electron chi connectivity index (χ0n) is 6.22. The molecule has 9 heavy (non-hydrogen) atoms. The zero-order valence-corrected chi connectivity index (χ0v) is 7.03. The number of rotatable bonds is 5. The summed E-state index contributed by atoms with van der Waals surface area (Å²) in [5, 5.41) is 0. The van der Waals surface area contributed by atoms with Crippen LogP contribution in [-0.4, -0.2) is 32.0 Å². The molecule has 0 heterocycles. The highest BCUT2D eigenvalue weighted by molar-refractivity contribution is 7.98. The van der Waals surface area contributed by atoms with Crippen LogP contribution >= 0.6 is 11.8 Å². The van der Waals surface area contributed by atoms with Crippen molar-refractivity contribution in [2.45, 2.75) is 13.2 Å². The Balaban J connectivity index is 2.88. The van der Waals surface area contributed by atoms with Crippen molar-refractivity contribution < 1.29 is 9.47 Å². The molecule has 0 aliphatic rings. The van der Waals surface area contributed by atoms with Gasteiger partial charge in [0, 0.05) is 12.9 Å². The molecule has 0 rings (SSSR count). The molecule has 1 atom stereocenters. The van der Waals surface area contributed by atoms with E-state index in [0.29, 0.717) is 0 Å². The van der Waals surface area contributed by atoms with Crippen LogP contribution in [0.5, 0.6) is 0 Å². The third-order valence-corrected chi connectivity index (χ3v) is 1.55. The third-order valence-electron chi connectivity index (χ3n) is 0.972. The van der Waals surface area contributed by atoms with E-state index in [1.165, 1.54) is 0 Å². The summed E-state index contributed by atoms with van der Waals surface area (Å²) in [6.45, 7) is 2.66. The Labute approximate surface area is 60.9 Å². The fourth-order valence-electron chi connectivity index (χ4n) is 0.365. The fraction of sp³-hybridized carbons (Fsp3) is 1.00. The van der Waals surface area contributed by atoms with Gasteiger partial charge in [-0.15, -0.1) is 0 Å². The monoisotopic (exact) mass is 150 g/mol. The summed E-state index contributed by atoms with van der Waals surface area (Å²) >= 11 is 1.77. The van der Waals surface area contributed by atoms with E-state index < -0.39 is 0 Å². The van der Waals surface area contributed by atoms with Gasteiger partial charge in [0.2, 0.25) is 0 Å². The highest BCUT2D eigenvalue weighted by Crippen LogP contribution is 1.94. The smallest absolute Gasteiger partial charge is 0.154 e. The average molecular weight is 150 g/mol. The van der Waals surface area contributed by atoms with Crippen molar-refractivity contribution in [1.82, 2.24) is 0 Å². The van der Waals surface area contributed by atoms with E-state index in [1.807, 2.05) is 6.92 Å². The normalized spacial score (nSPS) is 13.7. The molecule has 0 aromatic rings. The van der Waals surface area contributed by atoms with Crippen LogP contribution in [0.3, 0.4) is 0 Å². The van der Waals surface area contributed by atoms with Crippen molar-refractivity contribution in [2.24, 2.45) is 0 Å². The molecular formula is C6H14O2S. The molecule has 0 saturated heterocycles. The van der Waals surface area contributed by atoms with E-state index in [2.05, 4.69) is 6.26 Å². The minimum atomic E-state index is -0.0582. The molecule has 0 spiro atoms. The first-order chi connectivity index (χ1) is 4.31. The molecule has 2 nitrogen and oxygen atoms in total. The number of hydrogen-bond acceptors (Lipinski definition) is 3. The van der Waals surface area contributed by atoms with Gasteiger partial charge in [0.25, 0.3) is 0 Å². The predicted molar refractivity (Wildman–Crippen MR) is 40.8 cm³/mol. The Kier molecular flexibility index (Phi) is 6.58. The Morgan fingerprint density at radius 3 is 2.67 bits per heavy atom. The standard InChI is InChI=1S/C6H14O2S/c1-6(7-2)8-4-5-9-3/h6H,4-5H2,1-3H3. The van der Waals surface area contributed by atoms with Crippen molar-refractivity contribution in [2.75, 3.05) is 25.7 Å². The Morgan fingerprint density at radius 1 is 1.56 bits per heavy atom. The lowest BCUT2D eigenvalue weighted by Crippen LogP contribution is -2.11. The van der Waals surface area contributed by atoms with Gasteiger partial charge < -0.3 is 9.47 Å². The van der Waals surface area contributed by atoms with Crippen LogP contribution in [0.2, 0.25) is 0 Å². The summed E-state index contributed by atoms with van der Waals surface area (Å²) < 4.78 is 10.1. The van der Waals surface area contributed by atoms with E-state index in [9.17, 15) is 0 Å². The van der Waals surface area contributed by atoms with Gasteiger partial charge in [-0.3, -0.25) is 0 Å². The lowest BCUT2D eigenvalue weighted by atomic mass is 10.7. The first-order valence-corrected chi connectivity index (χ1v) is 4.34. The topological polar surface area (TPSA) is 18.5 Å². The Bertz CT molecular complexity index is 59.0. The van der Waals surface area contributed by atoms with Gasteiger partial charge in [0.05, 0.1) is 6.61 Å². The van der Waals surface area contributed by atoms with Crippen LogP contribution in [0.1, 0.15) is 6.92 Å². The molecule has 0 aromatic heterocycles. The van der Waals surface area contributed by atoms with Crippen LogP contribution in [-0.2, 0) is 9.47 Å². The molecule has 1 unspecified atom stereocenters. The molecule has 0 fully saturated rings. The van der Waals surface area contributed by atoms with Crippen molar-refractivity contribution in [3.8, 4) is 0 Å². The lowest BCUT2D eigenvalue weighted by molar-refractivity contribution is -0.105. The molecular weight excluding hydrogens is 136 g/mol. The summed E-state index contributed by atoms with van der Waals surface area (Å²) in [5.41, 5.74) is 0. The molecule has 56 valence electrons. The number of thioether (sulfide) groups is 1. The second kappa shape index (κ2) is 6.39. The number of methoxy groups -OCH3 is 1. The fourth-order valence-corrected chi connectivity index (χ4v) is 0.628. The quantitative estimate of drug-likeness (QED) is 0.435. The molecule has 0 aromatic carbocycles. The molecule has 0 aliphatic heterocycles. The summed E-state index contributed by atoms with van der Waals surface area (Å²) in [6, 6.07) is 0. The summed E-state index contributed by atoms with van der Waals surface area (Å²) in [4.78, 5) is 0. The first kappa shape index (κ1) is 9.27. The second-order valence-electron chi connectivity index (χ2n) is 1.67. The number of hydrogen-bond donors (Lipinski definition) is 0. The summed E-state index contributed by atoms with van der Waals surface area (Å²) in [7, 11) is 1.64. The van der Waals surface area contributed by atoms with Gasteiger partial charge >= 0.3 is 0 Å². The molecule has 0 radical (unpaired) electrons. The first-order valence-electron chi connectivity index (χ1n) is 2.94. The number of ether oxygens (including phenoxy) is 2. The van der Waals surface area contributed by atoms with Crippen molar-refractivity contribution in [3.05, 3.63) is 0 Å². The summed E-state index contributed by atoms with van der Waals surface area (Å²) in [5.74, 6) is 1.04. The maximum Gasteiger partial charge on any atom is 0.154 e.